The largest absolute Gasteiger partial charge is 0.320 e. The molecule has 8 nitrogen and oxygen atoms in total. The number of carbonyl (C=O) groups excluding carboxylic acids is 1. The van der Waals surface area contributed by atoms with Gasteiger partial charge in [-0.1, -0.05) is 29.5 Å². The predicted octanol–water partition coefficient (Wildman–Crippen LogP) is 3.29. The summed E-state index contributed by atoms with van der Waals surface area (Å²) in [7, 11) is 0. The fraction of sp³-hybridized carbons (Fsp3) is 0. The van der Waals surface area contributed by atoms with Gasteiger partial charge in [-0.3, -0.25) is 20.3 Å². The number of hydrogen-bond acceptors (Lipinski definition) is 6. The number of aromatic amines is 1. The van der Waals surface area contributed by atoms with Gasteiger partial charge in [-0.2, -0.15) is 5.10 Å². The summed E-state index contributed by atoms with van der Waals surface area (Å²) in [6, 6.07) is 17.1. The van der Waals surface area contributed by atoms with E-state index in [1.807, 2.05) is 60.7 Å². The van der Waals surface area contributed by atoms with Crippen LogP contribution in [0.4, 0.5) is 11.4 Å². The Labute approximate surface area is 165 Å². The molecule has 0 spiro atoms. The maximum Gasteiger partial charge on any atom is 0.276 e. The van der Waals surface area contributed by atoms with Gasteiger partial charge in [-0.15, -0.1) is 5.10 Å². The number of fused-ring (bicyclic) bond motifs is 3. The minimum atomic E-state index is -0.280. The van der Waals surface area contributed by atoms with Crippen LogP contribution in [-0.4, -0.2) is 32.0 Å². The highest BCUT2D eigenvalue weighted by Gasteiger charge is 2.29. The molecular formula is C21H15N7O. The second kappa shape index (κ2) is 7.01. The van der Waals surface area contributed by atoms with Crippen molar-refractivity contribution in [3.05, 3.63) is 77.6 Å². The van der Waals surface area contributed by atoms with Gasteiger partial charge in [0.25, 0.3) is 5.91 Å². The average molecular weight is 381 g/mol. The lowest BCUT2D eigenvalue weighted by Gasteiger charge is -2.03. The molecule has 0 radical (unpaired) electrons. The van der Waals surface area contributed by atoms with Gasteiger partial charge in [0, 0.05) is 6.20 Å². The molecule has 3 heterocycles. The summed E-state index contributed by atoms with van der Waals surface area (Å²) in [5.74, 6) is -0.280. The van der Waals surface area contributed by atoms with Crippen LogP contribution in [-0.2, 0) is 4.79 Å². The number of H-pyrrole nitrogens is 1. The Hall–Kier alpha value is -4.33. The fourth-order valence-corrected chi connectivity index (χ4v) is 3.11. The first-order chi connectivity index (χ1) is 14.3. The lowest BCUT2D eigenvalue weighted by atomic mass is 10.1. The number of carbonyl (C=O) groups is 1. The van der Waals surface area contributed by atoms with E-state index in [0.29, 0.717) is 16.8 Å². The molecule has 29 heavy (non-hydrogen) atoms. The molecule has 1 amide bonds. The molecule has 2 aromatic heterocycles. The second-order valence-corrected chi connectivity index (χ2v) is 6.43. The Morgan fingerprint density at radius 3 is 2.72 bits per heavy atom. The van der Waals surface area contributed by atoms with Gasteiger partial charge in [-0.05, 0) is 48.0 Å². The lowest BCUT2D eigenvalue weighted by molar-refractivity contribution is -0.110. The Morgan fingerprint density at radius 2 is 1.90 bits per heavy atom. The van der Waals surface area contributed by atoms with E-state index in [1.165, 1.54) is 0 Å². The first kappa shape index (κ1) is 16.8. The van der Waals surface area contributed by atoms with Gasteiger partial charge in [-0.25, -0.2) is 0 Å². The van der Waals surface area contributed by atoms with Crippen molar-refractivity contribution < 1.29 is 4.79 Å². The van der Waals surface area contributed by atoms with E-state index in [2.05, 4.69) is 36.2 Å². The SMILES string of the molecule is O=C1Nc2ccc3[nH]nnc3c2C1=NNc1ccc(C=Cc2ccccn2)cc1. The third-order valence-corrected chi connectivity index (χ3v) is 4.54. The number of aromatic nitrogens is 4. The Kier molecular flexibility index (Phi) is 4.06. The molecule has 0 unspecified atom stereocenters. The highest BCUT2D eigenvalue weighted by molar-refractivity contribution is 6.55. The minimum Gasteiger partial charge on any atom is -0.320 e. The molecule has 0 saturated heterocycles. The quantitative estimate of drug-likeness (QED) is 0.470. The second-order valence-electron chi connectivity index (χ2n) is 6.43. The standard InChI is InChI=1S/C21H15N7O/c29-21-20(18-16(23-21)10-11-17-19(18)27-28-25-17)26-24-15-8-5-13(6-9-15)4-7-14-3-1-2-12-22-14/h1-12,24H,(H,23,26,29)(H,25,27,28). The molecule has 0 saturated carbocycles. The summed E-state index contributed by atoms with van der Waals surface area (Å²) in [5.41, 5.74) is 8.58. The van der Waals surface area contributed by atoms with Crippen molar-refractivity contribution in [2.24, 2.45) is 5.10 Å². The van der Waals surface area contributed by atoms with Gasteiger partial charge in [0.2, 0.25) is 0 Å². The molecule has 5 rings (SSSR count). The van der Waals surface area contributed by atoms with E-state index in [9.17, 15) is 4.79 Å². The molecular weight excluding hydrogens is 366 g/mol. The summed E-state index contributed by atoms with van der Waals surface area (Å²) in [6.07, 6.45) is 5.70. The van der Waals surface area contributed by atoms with Gasteiger partial charge in [0.15, 0.2) is 5.71 Å². The van der Waals surface area contributed by atoms with Gasteiger partial charge in [0.1, 0.15) is 5.52 Å². The van der Waals surface area contributed by atoms with Crippen LogP contribution in [0.3, 0.4) is 0 Å². The van der Waals surface area contributed by atoms with E-state index in [-0.39, 0.29) is 11.6 Å². The van der Waals surface area contributed by atoms with Gasteiger partial charge in [0.05, 0.1) is 28.1 Å². The first-order valence-corrected chi connectivity index (χ1v) is 8.96. The molecule has 0 atom stereocenters. The Balaban J connectivity index is 1.37. The van der Waals surface area contributed by atoms with Crippen LogP contribution < -0.4 is 10.7 Å². The molecule has 0 bridgehead atoms. The van der Waals surface area contributed by atoms with Crippen LogP contribution in [0.25, 0.3) is 23.2 Å². The Morgan fingerprint density at radius 1 is 1.00 bits per heavy atom. The van der Waals surface area contributed by atoms with Crippen molar-refractivity contribution in [3.63, 3.8) is 0 Å². The smallest absolute Gasteiger partial charge is 0.276 e. The third kappa shape index (κ3) is 3.23. The zero-order valence-electron chi connectivity index (χ0n) is 15.1. The van der Waals surface area contributed by atoms with Crippen molar-refractivity contribution in [3.8, 4) is 0 Å². The van der Waals surface area contributed by atoms with Crippen LogP contribution in [0, 0.1) is 0 Å². The van der Waals surface area contributed by atoms with Crippen molar-refractivity contribution in [1.29, 1.82) is 0 Å². The van der Waals surface area contributed by atoms with Crippen LogP contribution in [0.1, 0.15) is 16.8 Å². The molecule has 4 aromatic rings. The lowest BCUT2D eigenvalue weighted by Crippen LogP contribution is -2.16. The van der Waals surface area contributed by atoms with E-state index in [1.54, 1.807) is 12.3 Å². The third-order valence-electron chi connectivity index (χ3n) is 4.54. The van der Waals surface area contributed by atoms with E-state index < -0.39 is 0 Å². The van der Waals surface area contributed by atoms with Crippen molar-refractivity contribution in [2.45, 2.75) is 0 Å². The van der Waals surface area contributed by atoms with Gasteiger partial charge >= 0.3 is 0 Å². The number of rotatable bonds is 4. The van der Waals surface area contributed by atoms with Crippen molar-refractivity contribution in [2.75, 3.05) is 10.7 Å². The first-order valence-electron chi connectivity index (χ1n) is 8.96. The number of anilines is 2. The molecule has 3 N–H and O–H groups in total. The predicted molar refractivity (Wildman–Crippen MR) is 112 cm³/mol. The topological polar surface area (TPSA) is 108 Å². The average Bonchev–Trinajstić information content (AvgIpc) is 3.35. The summed E-state index contributed by atoms with van der Waals surface area (Å²) < 4.78 is 0. The van der Waals surface area contributed by atoms with Crippen LogP contribution in [0.5, 0.6) is 0 Å². The number of amides is 1. The van der Waals surface area contributed by atoms with Crippen molar-refractivity contribution >= 4 is 46.2 Å². The minimum absolute atomic E-state index is 0.277. The van der Waals surface area contributed by atoms with E-state index in [0.717, 1.165) is 22.5 Å². The summed E-state index contributed by atoms with van der Waals surface area (Å²) >= 11 is 0. The highest BCUT2D eigenvalue weighted by Crippen LogP contribution is 2.29. The van der Waals surface area contributed by atoms with Gasteiger partial charge < -0.3 is 5.32 Å². The number of benzene rings is 2. The zero-order valence-corrected chi connectivity index (χ0v) is 15.1. The normalized spacial score (nSPS) is 14.5. The van der Waals surface area contributed by atoms with Crippen molar-refractivity contribution in [1.82, 2.24) is 20.4 Å². The maximum absolute atomic E-state index is 12.3. The van der Waals surface area contributed by atoms with Crippen LogP contribution in [0.2, 0.25) is 0 Å². The number of pyridine rings is 1. The van der Waals surface area contributed by atoms with Crippen LogP contribution >= 0.6 is 0 Å². The van der Waals surface area contributed by atoms with E-state index >= 15 is 0 Å². The molecule has 0 aliphatic carbocycles. The maximum atomic E-state index is 12.3. The molecule has 1 aliphatic rings. The number of nitrogens with zero attached hydrogens (tertiary/aromatic N) is 4. The summed E-state index contributed by atoms with van der Waals surface area (Å²) in [4.78, 5) is 16.6. The summed E-state index contributed by atoms with van der Waals surface area (Å²) in [6.45, 7) is 0. The number of hydrazone groups is 1. The Bertz CT molecular complexity index is 1260. The molecule has 1 aliphatic heterocycles. The summed E-state index contributed by atoms with van der Waals surface area (Å²) in [5, 5.41) is 17.8. The van der Waals surface area contributed by atoms with E-state index in [4.69, 9.17) is 0 Å². The fourth-order valence-electron chi connectivity index (χ4n) is 3.11. The molecule has 2 aromatic carbocycles. The zero-order chi connectivity index (χ0) is 19.6. The highest BCUT2D eigenvalue weighted by atomic mass is 16.2. The monoisotopic (exact) mass is 381 g/mol. The van der Waals surface area contributed by atoms with Crippen LogP contribution in [0.15, 0.2) is 65.9 Å². The molecule has 0 fully saturated rings. The molecule has 140 valence electrons. The number of nitrogens with one attached hydrogen (secondary N) is 3. The molecule has 8 heteroatoms. The number of hydrogen-bond donors (Lipinski definition) is 3.